The standard InChI is InChI=1S/C20H19N7O2S/c21-19-18(15-6-4-14(5-7-15)12-27-9-8-23-13-27)11-24-20(26-19)25-16-2-1-3-17(10-16)30(22,28)29/h1-11,13H,12H2,(H2,22,28,29)(H3,21,24,25,26). The van der Waals surface area contributed by atoms with E-state index in [-0.39, 0.29) is 10.8 Å². The lowest BCUT2D eigenvalue weighted by atomic mass is 10.1. The first kappa shape index (κ1) is 19.6. The first-order valence-corrected chi connectivity index (χ1v) is 10.5. The van der Waals surface area contributed by atoms with Crippen molar-refractivity contribution in [2.24, 2.45) is 5.14 Å². The van der Waals surface area contributed by atoms with Crippen molar-refractivity contribution in [1.82, 2.24) is 19.5 Å². The van der Waals surface area contributed by atoms with Gasteiger partial charge in [-0.3, -0.25) is 0 Å². The summed E-state index contributed by atoms with van der Waals surface area (Å²) in [5.74, 6) is 0.553. The second-order valence-corrected chi connectivity index (χ2v) is 8.18. The number of primary sulfonamides is 1. The number of hydrogen-bond acceptors (Lipinski definition) is 7. The monoisotopic (exact) mass is 421 g/mol. The molecule has 10 heteroatoms. The van der Waals surface area contributed by atoms with Crippen molar-refractivity contribution in [3.05, 3.63) is 79.0 Å². The van der Waals surface area contributed by atoms with Gasteiger partial charge in [-0.1, -0.05) is 30.3 Å². The van der Waals surface area contributed by atoms with E-state index >= 15 is 0 Å². The van der Waals surface area contributed by atoms with Crippen LogP contribution in [0.1, 0.15) is 5.56 Å². The van der Waals surface area contributed by atoms with E-state index in [2.05, 4.69) is 20.3 Å². The number of sulfonamides is 1. The van der Waals surface area contributed by atoms with Gasteiger partial charge >= 0.3 is 0 Å². The number of aromatic nitrogens is 4. The Kier molecular flexibility index (Phi) is 5.17. The van der Waals surface area contributed by atoms with Gasteiger partial charge in [0.2, 0.25) is 16.0 Å². The van der Waals surface area contributed by atoms with Crippen LogP contribution in [0.3, 0.4) is 0 Å². The minimum absolute atomic E-state index is 0.00660. The molecule has 0 fully saturated rings. The summed E-state index contributed by atoms with van der Waals surface area (Å²) in [7, 11) is -3.80. The molecule has 9 nitrogen and oxygen atoms in total. The van der Waals surface area contributed by atoms with Crippen LogP contribution in [0.2, 0.25) is 0 Å². The minimum atomic E-state index is -3.80. The highest BCUT2D eigenvalue weighted by Gasteiger charge is 2.10. The summed E-state index contributed by atoms with van der Waals surface area (Å²) in [6.07, 6.45) is 7.04. The Labute approximate surface area is 173 Å². The largest absolute Gasteiger partial charge is 0.383 e. The molecule has 0 amide bonds. The molecule has 4 aromatic rings. The van der Waals surface area contributed by atoms with Crippen molar-refractivity contribution in [3.63, 3.8) is 0 Å². The van der Waals surface area contributed by atoms with Crippen LogP contribution in [0.15, 0.2) is 78.3 Å². The third-order valence-corrected chi connectivity index (χ3v) is 5.34. The summed E-state index contributed by atoms with van der Waals surface area (Å²) in [6, 6.07) is 14.0. The zero-order chi connectivity index (χ0) is 21.1. The first-order valence-electron chi connectivity index (χ1n) is 8.96. The Bertz CT molecular complexity index is 1270. The highest BCUT2D eigenvalue weighted by atomic mass is 32.2. The van der Waals surface area contributed by atoms with Crippen LogP contribution in [-0.4, -0.2) is 27.9 Å². The summed E-state index contributed by atoms with van der Waals surface area (Å²) < 4.78 is 25.0. The number of nitrogen functional groups attached to an aromatic ring is 1. The lowest BCUT2D eigenvalue weighted by molar-refractivity contribution is 0.598. The van der Waals surface area contributed by atoms with Crippen LogP contribution >= 0.6 is 0 Å². The van der Waals surface area contributed by atoms with Crippen LogP contribution in [0.5, 0.6) is 0 Å². The molecular weight excluding hydrogens is 402 g/mol. The fourth-order valence-electron chi connectivity index (χ4n) is 2.94. The second kappa shape index (κ2) is 7.93. The van der Waals surface area contributed by atoms with Crippen molar-refractivity contribution in [1.29, 1.82) is 0 Å². The summed E-state index contributed by atoms with van der Waals surface area (Å²) in [5, 5.41) is 8.10. The van der Waals surface area contributed by atoms with Gasteiger partial charge in [0.25, 0.3) is 0 Å². The Morgan fingerprint density at radius 3 is 2.57 bits per heavy atom. The highest BCUT2D eigenvalue weighted by Crippen LogP contribution is 2.26. The van der Waals surface area contributed by atoms with Gasteiger partial charge in [-0.25, -0.2) is 23.5 Å². The van der Waals surface area contributed by atoms with E-state index in [9.17, 15) is 8.42 Å². The molecule has 2 aromatic heterocycles. The van der Waals surface area contributed by atoms with Gasteiger partial charge in [-0.05, 0) is 29.3 Å². The topological polar surface area (TPSA) is 142 Å². The van der Waals surface area contributed by atoms with Crippen molar-refractivity contribution < 1.29 is 8.42 Å². The molecule has 0 atom stereocenters. The molecule has 2 aromatic carbocycles. The fourth-order valence-corrected chi connectivity index (χ4v) is 3.50. The zero-order valence-electron chi connectivity index (χ0n) is 15.8. The quantitative estimate of drug-likeness (QED) is 0.434. The van der Waals surface area contributed by atoms with Gasteiger partial charge in [0.05, 0.1) is 11.2 Å². The molecule has 0 spiro atoms. The maximum atomic E-state index is 11.5. The second-order valence-electron chi connectivity index (χ2n) is 6.62. The van der Waals surface area contributed by atoms with Crippen LogP contribution in [-0.2, 0) is 16.6 Å². The molecule has 0 saturated carbocycles. The van der Waals surface area contributed by atoms with Crippen LogP contribution in [0.25, 0.3) is 11.1 Å². The fraction of sp³-hybridized carbons (Fsp3) is 0.0500. The van der Waals surface area contributed by atoms with Gasteiger partial charge in [0, 0.05) is 36.4 Å². The third kappa shape index (κ3) is 4.45. The van der Waals surface area contributed by atoms with Gasteiger partial charge in [-0.15, -0.1) is 0 Å². The van der Waals surface area contributed by atoms with Gasteiger partial charge < -0.3 is 15.6 Å². The molecule has 0 aliphatic heterocycles. The van der Waals surface area contributed by atoms with E-state index in [4.69, 9.17) is 10.9 Å². The number of nitrogens with one attached hydrogen (secondary N) is 1. The highest BCUT2D eigenvalue weighted by molar-refractivity contribution is 7.89. The normalized spacial score (nSPS) is 11.4. The molecule has 0 aliphatic rings. The van der Waals surface area contributed by atoms with Gasteiger partial charge in [0.1, 0.15) is 5.82 Å². The Hall–Kier alpha value is -3.76. The molecular formula is C20H19N7O2S. The van der Waals surface area contributed by atoms with E-state index in [1.54, 1.807) is 30.9 Å². The Morgan fingerprint density at radius 2 is 1.90 bits per heavy atom. The summed E-state index contributed by atoms with van der Waals surface area (Å²) in [5.41, 5.74) is 9.34. The van der Waals surface area contributed by atoms with E-state index in [0.717, 1.165) is 17.7 Å². The zero-order valence-corrected chi connectivity index (χ0v) is 16.6. The van der Waals surface area contributed by atoms with Crippen molar-refractivity contribution >= 4 is 27.5 Å². The maximum absolute atomic E-state index is 11.5. The molecule has 0 unspecified atom stereocenters. The molecule has 4 rings (SSSR count). The molecule has 30 heavy (non-hydrogen) atoms. The number of hydrogen-bond donors (Lipinski definition) is 3. The Balaban J connectivity index is 1.52. The number of imidazole rings is 1. The number of nitrogens with two attached hydrogens (primary N) is 2. The Morgan fingerprint density at radius 1 is 1.10 bits per heavy atom. The number of rotatable bonds is 6. The van der Waals surface area contributed by atoms with E-state index < -0.39 is 10.0 Å². The lowest BCUT2D eigenvalue weighted by Crippen LogP contribution is -2.12. The summed E-state index contributed by atoms with van der Waals surface area (Å²) >= 11 is 0. The average molecular weight is 421 g/mol. The van der Waals surface area contributed by atoms with Gasteiger partial charge in [-0.2, -0.15) is 4.98 Å². The smallest absolute Gasteiger partial charge is 0.238 e. The van der Waals surface area contributed by atoms with Crippen LogP contribution < -0.4 is 16.2 Å². The van der Waals surface area contributed by atoms with E-state index in [1.165, 1.54) is 12.1 Å². The van der Waals surface area contributed by atoms with Crippen LogP contribution in [0.4, 0.5) is 17.5 Å². The third-order valence-electron chi connectivity index (χ3n) is 4.43. The van der Waals surface area contributed by atoms with Gasteiger partial charge in [0.15, 0.2) is 0 Å². The van der Waals surface area contributed by atoms with Crippen molar-refractivity contribution in [2.45, 2.75) is 11.4 Å². The first-order chi connectivity index (χ1) is 14.4. The molecule has 0 aliphatic carbocycles. The molecule has 152 valence electrons. The molecule has 0 radical (unpaired) electrons. The van der Waals surface area contributed by atoms with E-state index in [1.807, 2.05) is 35.0 Å². The molecule has 5 N–H and O–H groups in total. The number of anilines is 3. The predicted octanol–water partition coefficient (Wildman–Crippen LogP) is 2.36. The molecule has 0 bridgehead atoms. The summed E-state index contributed by atoms with van der Waals surface area (Å²) in [4.78, 5) is 12.6. The maximum Gasteiger partial charge on any atom is 0.238 e. The predicted molar refractivity (Wildman–Crippen MR) is 114 cm³/mol. The van der Waals surface area contributed by atoms with E-state index in [0.29, 0.717) is 17.1 Å². The average Bonchev–Trinajstić information content (AvgIpc) is 3.22. The van der Waals surface area contributed by atoms with Crippen molar-refractivity contribution in [2.75, 3.05) is 11.1 Å². The number of benzene rings is 2. The minimum Gasteiger partial charge on any atom is -0.383 e. The number of nitrogens with zero attached hydrogens (tertiary/aromatic N) is 4. The summed E-state index contributed by atoms with van der Waals surface area (Å²) in [6.45, 7) is 0.729. The molecule has 0 saturated heterocycles. The SMILES string of the molecule is Nc1nc(Nc2cccc(S(N)(=O)=O)c2)ncc1-c1ccc(Cn2ccnc2)cc1. The van der Waals surface area contributed by atoms with Crippen LogP contribution in [0, 0.1) is 0 Å². The van der Waals surface area contributed by atoms with Crippen molar-refractivity contribution in [3.8, 4) is 11.1 Å². The molecule has 2 heterocycles. The lowest BCUT2D eigenvalue weighted by Gasteiger charge is -2.10.